The van der Waals surface area contributed by atoms with Crippen LogP contribution in [0.5, 0.6) is 5.75 Å². The van der Waals surface area contributed by atoms with Crippen LogP contribution in [0.3, 0.4) is 0 Å². The summed E-state index contributed by atoms with van der Waals surface area (Å²) in [5.74, 6) is 0.816. The molecule has 1 amide bonds. The number of amides is 1. The Kier molecular flexibility index (Phi) is 5.78. The fourth-order valence-corrected chi connectivity index (χ4v) is 3.77. The number of hydrogen-bond acceptors (Lipinski definition) is 6. The molecule has 2 aromatic rings. The summed E-state index contributed by atoms with van der Waals surface area (Å²) in [6.07, 6.45) is 2.86. The summed E-state index contributed by atoms with van der Waals surface area (Å²) in [4.78, 5) is 13.2. The summed E-state index contributed by atoms with van der Waals surface area (Å²) < 4.78 is 11.4. The zero-order valence-electron chi connectivity index (χ0n) is 16.3. The summed E-state index contributed by atoms with van der Waals surface area (Å²) in [7, 11) is 0. The summed E-state index contributed by atoms with van der Waals surface area (Å²) in [6.45, 7) is 3.81. The lowest BCUT2D eigenvalue weighted by Crippen LogP contribution is -2.52. The molecular weight excluding hydrogens is 368 g/mol. The number of nitrogens with two attached hydrogens (primary N) is 1. The summed E-state index contributed by atoms with van der Waals surface area (Å²) in [5, 5.41) is 11.1. The van der Waals surface area contributed by atoms with Gasteiger partial charge in [-0.15, -0.1) is 0 Å². The Hall–Kier alpha value is -2.90. The largest absolute Gasteiger partial charge is 0.490 e. The highest BCUT2D eigenvalue weighted by molar-refractivity contribution is 6.14. The minimum absolute atomic E-state index is 0.222. The van der Waals surface area contributed by atoms with Gasteiger partial charge in [0.2, 0.25) is 6.41 Å². The van der Waals surface area contributed by atoms with Gasteiger partial charge in [-0.25, -0.2) is 0 Å². The van der Waals surface area contributed by atoms with Gasteiger partial charge in [0.1, 0.15) is 11.9 Å². The minimum Gasteiger partial charge on any atom is -0.490 e. The molecule has 2 saturated heterocycles. The third-order valence-corrected chi connectivity index (χ3v) is 5.61. The van der Waals surface area contributed by atoms with Crippen LogP contribution < -0.4 is 15.8 Å². The summed E-state index contributed by atoms with van der Waals surface area (Å²) in [6, 6.07) is 13.2. The molecule has 0 aliphatic carbocycles. The molecule has 2 aliphatic heterocycles. The van der Waals surface area contributed by atoms with E-state index in [2.05, 4.69) is 10.2 Å². The smallest absolute Gasteiger partial charge is 0.211 e. The number of piperidine rings is 1. The Morgan fingerprint density at radius 2 is 1.90 bits per heavy atom. The van der Waals surface area contributed by atoms with Crippen molar-refractivity contribution in [2.45, 2.75) is 25.0 Å². The van der Waals surface area contributed by atoms with E-state index in [4.69, 9.17) is 20.6 Å². The van der Waals surface area contributed by atoms with Crippen LogP contribution in [-0.2, 0) is 9.53 Å². The standard InChI is InChI=1S/C22H26N4O3/c23-21-6-3-16(25-14-27)11-20(21)22(24)15-1-4-18(5-2-15)29-19-7-9-26(10-8-19)17-12-28-13-17/h1-6,11,14,17,19,24H,7-10,12-13,23H2,(H,25,27). The topological polar surface area (TPSA) is 101 Å². The average molecular weight is 394 g/mol. The van der Waals surface area contributed by atoms with Crippen molar-refractivity contribution in [3.63, 3.8) is 0 Å². The number of hydrogen-bond donors (Lipinski definition) is 3. The van der Waals surface area contributed by atoms with Crippen LogP contribution in [0.4, 0.5) is 11.4 Å². The lowest BCUT2D eigenvalue weighted by molar-refractivity contribution is -0.105. The molecule has 0 saturated carbocycles. The molecule has 0 atom stereocenters. The van der Waals surface area contributed by atoms with E-state index in [0.29, 0.717) is 35.1 Å². The SMILES string of the molecule is N=C(c1ccc(OC2CCN(C3COC3)CC2)cc1)c1cc(NC=O)ccc1N. The number of nitrogens with one attached hydrogen (secondary N) is 2. The van der Waals surface area contributed by atoms with Gasteiger partial charge in [0.15, 0.2) is 0 Å². The van der Waals surface area contributed by atoms with Gasteiger partial charge < -0.3 is 20.5 Å². The monoisotopic (exact) mass is 394 g/mol. The van der Waals surface area contributed by atoms with Crippen LogP contribution in [0, 0.1) is 5.41 Å². The second kappa shape index (κ2) is 8.63. The van der Waals surface area contributed by atoms with Crippen LogP contribution >= 0.6 is 0 Å². The number of ether oxygens (including phenoxy) is 2. The van der Waals surface area contributed by atoms with E-state index in [0.717, 1.165) is 50.5 Å². The molecule has 0 radical (unpaired) electrons. The molecule has 152 valence electrons. The van der Waals surface area contributed by atoms with E-state index in [1.807, 2.05) is 24.3 Å². The van der Waals surface area contributed by atoms with Crippen LogP contribution in [0.2, 0.25) is 0 Å². The van der Waals surface area contributed by atoms with Crippen molar-refractivity contribution in [1.29, 1.82) is 5.41 Å². The van der Waals surface area contributed by atoms with Gasteiger partial charge in [-0.1, -0.05) is 0 Å². The van der Waals surface area contributed by atoms with Crippen LogP contribution in [0.15, 0.2) is 42.5 Å². The number of carbonyl (C=O) groups is 1. The van der Waals surface area contributed by atoms with E-state index < -0.39 is 0 Å². The number of nitrogens with zero attached hydrogens (tertiary/aromatic N) is 1. The number of carbonyl (C=O) groups excluding carboxylic acids is 1. The molecule has 2 heterocycles. The predicted octanol–water partition coefficient (Wildman–Crippen LogP) is 2.50. The Morgan fingerprint density at radius 1 is 1.17 bits per heavy atom. The van der Waals surface area contributed by atoms with E-state index >= 15 is 0 Å². The van der Waals surface area contributed by atoms with E-state index in [1.165, 1.54) is 0 Å². The number of likely N-dealkylation sites (tertiary alicyclic amines) is 1. The van der Waals surface area contributed by atoms with Gasteiger partial charge in [0, 0.05) is 35.6 Å². The van der Waals surface area contributed by atoms with Crippen LogP contribution in [0.25, 0.3) is 0 Å². The maximum absolute atomic E-state index is 10.7. The zero-order chi connectivity index (χ0) is 20.2. The van der Waals surface area contributed by atoms with Crippen molar-refractivity contribution in [1.82, 2.24) is 4.90 Å². The van der Waals surface area contributed by atoms with Crippen molar-refractivity contribution >= 4 is 23.5 Å². The molecule has 2 fully saturated rings. The Bertz CT molecular complexity index is 872. The number of benzene rings is 2. The minimum atomic E-state index is 0.222. The molecule has 0 unspecified atom stereocenters. The first-order chi connectivity index (χ1) is 14.1. The lowest BCUT2D eigenvalue weighted by atomic mass is 10.00. The maximum Gasteiger partial charge on any atom is 0.211 e. The van der Waals surface area contributed by atoms with E-state index in [9.17, 15) is 4.79 Å². The molecule has 0 aromatic heterocycles. The third-order valence-electron chi connectivity index (χ3n) is 5.61. The predicted molar refractivity (Wildman–Crippen MR) is 113 cm³/mol. The van der Waals surface area contributed by atoms with E-state index in [-0.39, 0.29) is 6.10 Å². The third kappa shape index (κ3) is 4.41. The van der Waals surface area contributed by atoms with Gasteiger partial charge in [0.25, 0.3) is 0 Å². The molecule has 0 spiro atoms. The molecule has 7 heteroatoms. The van der Waals surface area contributed by atoms with Gasteiger partial charge in [-0.05, 0) is 55.3 Å². The highest BCUT2D eigenvalue weighted by Gasteiger charge is 2.30. The first-order valence-electron chi connectivity index (χ1n) is 9.91. The number of anilines is 2. The molecular formula is C22H26N4O3. The number of rotatable bonds is 7. The Balaban J connectivity index is 1.37. The highest BCUT2D eigenvalue weighted by atomic mass is 16.5. The second-order valence-electron chi connectivity index (χ2n) is 7.51. The van der Waals surface area contributed by atoms with Crippen molar-refractivity contribution < 1.29 is 14.3 Å². The normalized spacial score (nSPS) is 18.1. The number of nitrogen functional groups attached to an aromatic ring is 1. The van der Waals surface area contributed by atoms with Crippen LogP contribution in [-0.4, -0.2) is 55.5 Å². The highest BCUT2D eigenvalue weighted by Crippen LogP contribution is 2.25. The molecule has 29 heavy (non-hydrogen) atoms. The summed E-state index contributed by atoms with van der Waals surface area (Å²) in [5.41, 5.74) is 8.76. The van der Waals surface area contributed by atoms with Gasteiger partial charge in [0.05, 0.1) is 25.0 Å². The Labute approximate surface area is 170 Å². The molecule has 4 N–H and O–H groups in total. The van der Waals surface area contributed by atoms with Gasteiger partial charge >= 0.3 is 0 Å². The summed E-state index contributed by atoms with van der Waals surface area (Å²) >= 11 is 0. The Morgan fingerprint density at radius 3 is 2.52 bits per heavy atom. The van der Waals surface area contributed by atoms with Crippen LogP contribution in [0.1, 0.15) is 24.0 Å². The van der Waals surface area contributed by atoms with E-state index in [1.54, 1.807) is 18.2 Å². The fraction of sp³-hybridized carbons (Fsp3) is 0.364. The fourth-order valence-electron chi connectivity index (χ4n) is 3.77. The van der Waals surface area contributed by atoms with Crippen molar-refractivity contribution in [2.24, 2.45) is 0 Å². The first kappa shape index (κ1) is 19.4. The zero-order valence-corrected chi connectivity index (χ0v) is 16.3. The lowest BCUT2D eigenvalue weighted by Gasteiger charge is -2.41. The van der Waals surface area contributed by atoms with Gasteiger partial charge in [-0.2, -0.15) is 0 Å². The molecule has 2 aliphatic rings. The molecule has 0 bridgehead atoms. The van der Waals surface area contributed by atoms with Crippen molar-refractivity contribution in [3.05, 3.63) is 53.6 Å². The average Bonchev–Trinajstić information content (AvgIpc) is 2.70. The van der Waals surface area contributed by atoms with Gasteiger partial charge in [-0.3, -0.25) is 15.1 Å². The molecule has 4 rings (SSSR count). The molecule has 7 nitrogen and oxygen atoms in total. The maximum atomic E-state index is 10.7. The first-order valence-corrected chi connectivity index (χ1v) is 9.91. The quantitative estimate of drug-likeness (QED) is 0.381. The van der Waals surface area contributed by atoms with Crippen molar-refractivity contribution in [2.75, 3.05) is 37.4 Å². The molecule has 2 aromatic carbocycles. The second-order valence-corrected chi connectivity index (χ2v) is 7.51. The van der Waals surface area contributed by atoms with Crippen molar-refractivity contribution in [3.8, 4) is 5.75 Å².